The summed E-state index contributed by atoms with van der Waals surface area (Å²) in [6.45, 7) is 3.91. The van der Waals surface area contributed by atoms with Gasteiger partial charge in [-0.15, -0.1) is 0 Å². The Balaban J connectivity index is 2.52. The first-order valence-electron chi connectivity index (χ1n) is 6.78. The predicted octanol–water partition coefficient (Wildman–Crippen LogP) is 1.66. The number of methoxy groups -OCH3 is 1. The van der Waals surface area contributed by atoms with E-state index in [0.717, 1.165) is 12.0 Å². The number of aliphatic hydroxyl groups excluding tert-OH is 1. The number of hydrogen-bond donors (Lipinski definition) is 2. The Hall–Kier alpha value is -1.75. The second-order valence-corrected chi connectivity index (χ2v) is 4.63. The highest BCUT2D eigenvalue weighted by atomic mass is 16.5. The van der Waals surface area contributed by atoms with Crippen LogP contribution in [0.1, 0.15) is 25.3 Å². The molecule has 1 amide bonds. The van der Waals surface area contributed by atoms with E-state index in [1.54, 1.807) is 13.2 Å². The van der Waals surface area contributed by atoms with Gasteiger partial charge in [0.1, 0.15) is 0 Å². The molecule has 5 nitrogen and oxygen atoms in total. The first kappa shape index (κ1) is 16.3. The summed E-state index contributed by atoms with van der Waals surface area (Å²) in [6.07, 6.45) is 1.33. The molecule has 0 aliphatic heterocycles. The van der Waals surface area contributed by atoms with Crippen LogP contribution in [0.5, 0.6) is 11.5 Å². The lowest BCUT2D eigenvalue weighted by Gasteiger charge is -2.16. The fourth-order valence-corrected chi connectivity index (χ4v) is 1.84. The summed E-state index contributed by atoms with van der Waals surface area (Å²) in [6, 6.07) is 5.52. The van der Waals surface area contributed by atoms with Crippen molar-refractivity contribution in [3.05, 3.63) is 23.8 Å². The van der Waals surface area contributed by atoms with Gasteiger partial charge in [-0.25, -0.2) is 0 Å². The van der Waals surface area contributed by atoms with Crippen LogP contribution in [0.2, 0.25) is 0 Å². The van der Waals surface area contributed by atoms with E-state index in [1.807, 2.05) is 26.0 Å². The van der Waals surface area contributed by atoms with Crippen molar-refractivity contribution < 1.29 is 19.4 Å². The molecule has 112 valence electrons. The highest BCUT2D eigenvalue weighted by Gasteiger charge is 2.11. The molecule has 2 N–H and O–H groups in total. The Labute approximate surface area is 119 Å². The first-order valence-corrected chi connectivity index (χ1v) is 6.78. The summed E-state index contributed by atoms with van der Waals surface area (Å²) in [5, 5.41) is 11.7. The summed E-state index contributed by atoms with van der Waals surface area (Å²) in [5.41, 5.74) is 1.06. The minimum atomic E-state index is -0.201. The zero-order valence-corrected chi connectivity index (χ0v) is 12.3. The van der Waals surface area contributed by atoms with E-state index in [1.165, 1.54) is 0 Å². The van der Waals surface area contributed by atoms with E-state index in [4.69, 9.17) is 14.6 Å². The second-order valence-electron chi connectivity index (χ2n) is 4.63. The maximum atomic E-state index is 11.8. The van der Waals surface area contributed by atoms with Crippen LogP contribution in [0.3, 0.4) is 0 Å². The zero-order chi connectivity index (χ0) is 15.0. The number of carbonyl (C=O) groups is 1. The highest BCUT2D eigenvalue weighted by Crippen LogP contribution is 2.27. The molecule has 0 fully saturated rings. The van der Waals surface area contributed by atoms with Gasteiger partial charge in [0, 0.05) is 12.6 Å². The van der Waals surface area contributed by atoms with Gasteiger partial charge < -0.3 is 19.9 Å². The lowest BCUT2D eigenvalue weighted by molar-refractivity contribution is -0.123. The van der Waals surface area contributed by atoms with Crippen molar-refractivity contribution in [3.63, 3.8) is 0 Å². The molecule has 1 rings (SSSR count). The smallest absolute Gasteiger partial charge is 0.258 e. The van der Waals surface area contributed by atoms with E-state index in [-0.39, 0.29) is 25.2 Å². The molecule has 20 heavy (non-hydrogen) atoms. The van der Waals surface area contributed by atoms with Crippen molar-refractivity contribution in [1.82, 2.24) is 5.32 Å². The molecule has 5 heteroatoms. The minimum absolute atomic E-state index is 0.0176. The number of benzene rings is 1. The van der Waals surface area contributed by atoms with Crippen molar-refractivity contribution in [2.45, 2.75) is 32.7 Å². The summed E-state index contributed by atoms with van der Waals surface area (Å²) in [5.74, 6) is 0.955. The van der Waals surface area contributed by atoms with E-state index in [9.17, 15) is 4.79 Å². The second kappa shape index (κ2) is 8.43. The fraction of sp³-hybridized carbons (Fsp3) is 0.533. The molecule has 0 saturated heterocycles. The van der Waals surface area contributed by atoms with E-state index < -0.39 is 0 Å². The minimum Gasteiger partial charge on any atom is -0.493 e. The molecule has 0 aliphatic rings. The van der Waals surface area contributed by atoms with Crippen molar-refractivity contribution in [2.75, 3.05) is 20.3 Å². The van der Waals surface area contributed by atoms with Crippen LogP contribution >= 0.6 is 0 Å². The van der Waals surface area contributed by atoms with Crippen LogP contribution in [-0.4, -0.2) is 37.4 Å². The van der Waals surface area contributed by atoms with Gasteiger partial charge in [0.05, 0.1) is 7.11 Å². The number of carbonyl (C=O) groups excluding carboxylic acids is 1. The average Bonchev–Trinajstić information content (AvgIpc) is 2.45. The SMILES string of the molecule is CCC(CCO)NC(=O)COc1ccc(C)cc1OC. The van der Waals surface area contributed by atoms with Crippen LogP contribution in [0.15, 0.2) is 18.2 Å². The number of ether oxygens (including phenoxy) is 2. The number of aryl methyl sites for hydroxylation is 1. The molecule has 1 aromatic carbocycles. The van der Waals surface area contributed by atoms with E-state index in [0.29, 0.717) is 17.9 Å². The van der Waals surface area contributed by atoms with Crippen molar-refractivity contribution in [3.8, 4) is 11.5 Å². The Bertz CT molecular complexity index is 434. The highest BCUT2D eigenvalue weighted by molar-refractivity contribution is 5.77. The van der Waals surface area contributed by atoms with Crippen molar-refractivity contribution in [1.29, 1.82) is 0 Å². The molecule has 0 aromatic heterocycles. The van der Waals surface area contributed by atoms with Crippen LogP contribution in [0.25, 0.3) is 0 Å². The Morgan fingerprint density at radius 1 is 1.40 bits per heavy atom. The summed E-state index contributed by atoms with van der Waals surface area (Å²) in [7, 11) is 1.57. The van der Waals surface area contributed by atoms with E-state index in [2.05, 4.69) is 5.32 Å². The molecule has 0 heterocycles. The monoisotopic (exact) mass is 281 g/mol. The van der Waals surface area contributed by atoms with Crippen molar-refractivity contribution in [2.24, 2.45) is 0 Å². The third-order valence-corrected chi connectivity index (χ3v) is 3.01. The van der Waals surface area contributed by atoms with Crippen LogP contribution in [0.4, 0.5) is 0 Å². The molecular weight excluding hydrogens is 258 g/mol. The molecule has 1 aromatic rings. The molecule has 0 saturated carbocycles. The molecule has 0 radical (unpaired) electrons. The normalized spacial score (nSPS) is 11.8. The van der Waals surface area contributed by atoms with Crippen molar-refractivity contribution >= 4 is 5.91 Å². The first-order chi connectivity index (χ1) is 9.60. The Morgan fingerprint density at radius 3 is 2.75 bits per heavy atom. The van der Waals surface area contributed by atoms with E-state index >= 15 is 0 Å². The number of nitrogens with one attached hydrogen (secondary N) is 1. The van der Waals surface area contributed by atoms with Gasteiger partial charge in [-0.3, -0.25) is 4.79 Å². The molecule has 0 aliphatic carbocycles. The standard InChI is InChI=1S/C15H23NO4/c1-4-12(7-8-17)16-15(18)10-20-13-6-5-11(2)9-14(13)19-3/h5-6,9,12,17H,4,7-8,10H2,1-3H3,(H,16,18). The Morgan fingerprint density at radius 2 is 2.15 bits per heavy atom. The number of aliphatic hydroxyl groups is 1. The summed E-state index contributed by atoms with van der Waals surface area (Å²) < 4.78 is 10.7. The third-order valence-electron chi connectivity index (χ3n) is 3.01. The topological polar surface area (TPSA) is 67.8 Å². The van der Waals surface area contributed by atoms with Gasteiger partial charge in [0.15, 0.2) is 18.1 Å². The van der Waals surface area contributed by atoms with Crippen LogP contribution < -0.4 is 14.8 Å². The lowest BCUT2D eigenvalue weighted by Crippen LogP contribution is -2.38. The molecule has 1 unspecified atom stereocenters. The average molecular weight is 281 g/mol. The van der Waals surface area contributed by atoms with Gasteiger partial charge >= 0.3 is 0 Å². The van der Waals surface area contributed by atoms with Gasteiger partial charge in [-0.2, -0.15) is 0 Å². The van der Waals surface area contributed by atoms with Gasteiger partial charge in [-0.1, -0.05) is 13.0 Å². The quantitative estimate of drug-likeness (QED) is 0.760. The van der Waals surface area contributed by atoms with Gasteiger partial charge in [0.2, 0.25) is 0 Å². The lowest BCUT2D eigenvalue weighted by atomic mass is 10.1. The number of hydrogen-bond acceptors (Lipinski definition) is 4. The maximum absolute atomic E-state index is 11.8. The van der Waals surface area contributed by atoms with Crippen LogP contribution in [0, 0.1) is 6.92 Å². The Kier molecular flexibility index (Phi) is 6.87. The fourth-order valence-electron chi connectivity index (χ4n) is 1.84. The van der Waals surface area contributed by atoms with Crippen LogP contribution in [-0.2, 0) is 4.79 Å². The molecule has 0 spiro atoms. The third kappa shape index (κ3) is 5.09. The van der Waals surface area contributed by atoms with Gasteiger partial charge in [0.25, 0.3) is 5.91 Å². The maximum Gasteiger partial charge on any atom is 0.258 e. The summed E-state index contributed by atoms with van der Waals surface area (Å²) in [4.78, 5) is 11.8. The largest absolute Gasteiger partial charge is 0.493 e. The molecule has 0 bridgehead atoms. The number of rotatable bonds is 8. The molecular formula is C15H23NO4. The van der Waals surface area contributed by atoms with Gasteiger partial charge in [-0.05, 0) is 37.5 Å². The summed E-state index contributed by atoms with van der Waals surface area (Å²) >= 11 is 0. The zero-order valence-electron chi connectivity index (χ0n) is 12.3. The molecule has 1 atom stereocenters. The predicted molar refractivity (Wildman–Crippen MR) is 77.2 cm³/mol. The number of amides is 1.